The second kappa shape index (κ2) is 6.75. The predicted octanol–water partition coefficient (Wildman–Crippen LogP) is 3.46. The zero-order valence-corrected chi connectivity index (χ0v) is 12.4. The summed E-state index contributed by atoms with van der Waals surface area (Å²) in [6.07, 6.45) is 4.28. The third kappa shape index (κ3) is 4.26. The minimum absolute atomic E-state index is 0.379. The second-order valence-electron chi connectivity index (χ2n) is 6.34. The number of rotatable bonds is 7. The molecule has 0 radical (unpaired) electrons. The lowest BCUT2D eigenvalue weighted by Crippen LogP contribution is -2.40. The standard InChI is InChI=1S/C15H31NO/c1-6-16-11-15(7-8-17-14(15)5)10-13(4)9-12(2)3/h12-14,16H,6-11H2,1-5H3. The SMILES string of the molecule is CCNCC1(CC(C)CC(C)C)CCOC1C. The molecule has 0 bridgehead atoms. The third-order valence-electron chi connectivity index (χ3n) is 4.19. The molecule has 0 aliphatic carbocycles. The summed E-state index contributed by atoms with van der Waals surface area (Å²) in [6, 6.07) is 0. The predicted molar refractivity (Wildman–Crippen MR) is 74.2 cm³/mol. The second-order valence-corrected chi connectivity index (χ2v) is 6.34. The van der Waals surface area contributed by atoms with Gasteiger partial charge in [-0.15, -0.1) is 0 Å². The molecular weight excluding hydrogens is 210 g/mol. The summed E-state index contributed by atoms with van der Waals surface area (Å²) in [5, 5.41) is 3.54. The first-order valence-corrected chi connectivity index (χ1v) is 7.32. The van der Waals surface area contributed by atoms with Gasteiger partial charge in [0.05, 0.1) is 6.10 Å². The quantitative estimate of drug-likeness (QED) is 0.737. The van der Waals surface area contributed by atoms with E-state index in [4.69, 9.17) is 4.74 Å². The van der Waals surface area contributed by atoms with Gasteiger partial charge in [0.1, 0.15) is 0 Å². The smallest absolute Gasteiger partial charge is 0.0616 e. The van der Waals surface area contributed by atoms with E-state index in [1.54, 1.807) is 0 Å². The first-order valence-electron chi connectivity index (χ1n) is 7.32. The van der Waals surface area contributed by atoms with Crippen LogP contribution in [0.4, 0.5) is 0 Å². The van der Waals surface area contributed by atoms with E-state index in [0.717, 1.165) is 31.5 Å². The van der Waals surface area contributed by atoms with Gasteiger partial charge in [0.25, 0.3) is 0 Å². The number of hydrogen-bond donors (Lipinski definition) is 1. The lowest BCUT2D eigenvalue weighted by molar-refractivity contribution is 0.0489. The molecule has 1 fully saturated rings. The van der Waals surface area contributed by atoms with Gasteiger partial charge in [0.15, 0.2) is 0 Å². The molecule has 1 rings (SSSR count). The lowest BCUT2D eigenvalue weighted by Gasteiger charge is -2.35. The summed E-state index contributed by atoms with van der Waals surface area (Å²) in [4.78, 5) is 0. The Bertz CT molecular complexity index is 217. The van der Waals surface area contributed by atoms with Crippen LogP contribution in [0.3, 0.4) is 0 Å². The maximum absolute atomic E-state index is 5.83. The van der Waals surface area contributed by atoms with Crippen molar-refractivity contribution >= 4 is 0 Å². The fourth-order valence-electron chi connectivity index (χ4n) is 3.35. The Morgan fingerprint density at radius 3 is 2.53 bits per heavy atom. The van der Waals surface area contributed by atoms with Gasteiger partial charge in [-0.2, -0.15) is 0 Å². The topological polar surface area (TPSA) is 21.3 Å². The average Bonchev–Trinajstić information content (AvgIpc) is 2.56. The Hall–Kier alpha value is -0.0800. The molecule has 102 valence electrons. The van der Waals surface area contributed by atoms with Gasteiger partial charge in [-0.05, 0) is 44.6 Å². The van der Waals surface area contributed by atoms with Crippen molar-refractivity contribution in [2.75, 3.05) is 19.7 Å². The number of hydrogen-bond acceptors (Lipinski definition) is 2. The maximum atomic E-state index is 5.83. The zero-order valence-electron chi connectivity index (χ0n) is 12.4. The van der Waals surface area contributed by atoms with E-state index < -0.39 is 0 Å². The molecule has 2 heteroatoms. The largest absolute Gasteiger partial charge is 0.378 e. The Labute approximate surface area is 108 Å². The van der Waals surface area contributed by atoms with Crippen molar-refractivity contribution in [1.82, 2.24) is 5.32 Å². The van der Waals surface area contributed by atoms with Crippen molar-refractivity contribution in [3.63, 3.8) is 0 Å². The molecule has 1 aliphatic heterocycles. The highest BCUT2D eigenvalue weighted by molar-refractivity contribution is 4.92. The molecule has 1 saturated heterocycles. The van der Waals surface area contributed by atoms with Crippen molar-refractivity contribution in [3.05, 3.63) is 0 Å². The van der Waals surface area contributed by atoms with E-state index in [1.807, 2.05) is 0 Å². The highest BCUT2D eigenvalue weighted by Gasteiger charge is 2.41. The van der Waals surface area contributed by atoms with E-state index in [2.05, 4.69) is 39.9 Å². The van der Waals surface area contributed by atoms with Crippen LogP contribution in [-0.4, -0.2) is 25.8 Å². The molecule has 1 N–H and O–H groups in total. The molecule has 3 unspecified atom stereocenters. The molecule has 1 heterocycles. The van der Waals surface area contributed by atoms with Gasteiger partial charge < -0.3 is 10.1 Å². The molecule has 0 spiro atoms. The third-order valence-corrected chi connectivity index (χ3v) is 4.19. The first kappa shape index (κ1) is 15.0. The Kier molecular flexibility index (Phi) is 5.94. The average molecular weight is 241 g/mol. The fraction of sp³-hybridized carbons (Fsp3) is 1.00. The number of ether oxygens (including phenoxy) is 1. The first-order chi connectivity index (χ1) is 8.00. The fourth-order valence-corrected chi connectivity index (χ4v) is 3.35. The summed E-state index contributed by atoms with van der Waals surface area (Å²) in [5.41, 5.74) is 0.379. The van der Waals surface area contributed by atoms with Gasteiger partial charge in [-0.3, -0.25) is 0 Å². The van der Waals surface area contributed by atoms with Crippen molar-refractivity contribution in [2.24, 2.45) is 17.3 Å². The van der Waals surface area contributed by atoms with E-state index in [0.29, 0.717) is 11.5 Å². The van der Waals surface area contributed by atoms with Gasteiger partial charge in [-0.25, -0.2) is 0 Å². The molecule has 0 aromatic rings. The molecule has 0 aromatic carbocycles. The summed E-state index contributed by atoms with van der Waals surface area (Å²) in [6.45, 7) is 14.6. The molecule has 3 atom stereocenters. The van der Waals surface area contributed by atoms with Crippen LogP contribution in [0, 0.1) is 17.3 Å². The van der Waals surface area contributed by atoms with Crippen molar-refractivity contribution in [3.8, 4) is 0 Å². The van der Waals surface area contributed by atoms with Crippen LogP contribution < -0.4 is 5.32 Å². The normalized spacial score (nSPS) is 31.1. The van der Waals surface area contributed by atoms with Crippen LogP contribution in [0.1, 0.15) is 53.9 Å². The monoisotopic (exact) mass is 241 g/mol. The highest BCUT2D eigenvalue weighted by Crippen LogP contribution is 2.41. The van der Waals surface area contributed by atoms with Gasteiger partial charge >= 0.3 is 0 Å². The maximum Gasteiger partial charge on any atom is 0.0616 e. The summed E-state index contributed by atoms with van der Waals surface area (Å²) >= 11 is 0. The van der Waals surface area contributed by atoms with Crippen LogP contribution in [0.15, 0.2) is 0 Å². The highest BCUT2D eigenvalue weighted by atomic mass is 16.5. The van der Waals surface area contributed by atoms with Crippen molar-refractivity contribution in [1.29, 1.82) is 0 Å². The minimum atomic E-state index is 0.379. The van der Waals surface area contributed by atoms with Gasteiger partial charge in [0, 0.05) is 18.6 Å². The molecule has 0 saturated carbocycles. The molecular formula is C15H31NO. The number of nitrogens with one attached hydrogen (secondary N) is 1. The van der Waals surface area contributed by atoms with Crippen LogP contribution in [-0.2, 0) is 4.74 Å². The molecule has 1 aliphatic rings. The van der Waals surface area contributed by atoms with Crippen LogP contribution in [0.5, 0.6) is 0 Å². The molecule has 2 nitrogen and oxygen atoms in total. The van der Waals surface area contributed by atoms with Gasteiger partial charge in [-0.1, -0.05) is 27.7 Å². The minimum Gasteiger partial charge on any atom is -0.378 e. The lowest BCUT2D eigenvalue weighted by atomic mass is 9.73. The van der Waals surface area contributed by atoms with Crippen LogP contribution >= 0.6 is 0 Å². The van der Waals surface area contributed by atoms with E-state index >= 15 is 0 Å². The Morgan fingerprint density at radius 1 is 1.35 bits per heavy atom. The van der Waals surface area contributed by atoms with Gasteiger partial charge in [0.2, 0.25) is 0 Å². The molecule has 0 aromatic heterocycles. The van der Waals surface area contributed by atoms with E-state index in [-0.39, 0.29) is 0 Å². The zero-order chi connectivity index (χ0) is 12.9. The summed E-state index contributed by atoms with van der Waals surface area (Å²) < 4.78 is 5.83. The van der Waals surface area contributed by atoms with Crippen molar-refractivity contribution in [2.45, 2.75) is 60.0 Å². The van der Waals surface area contributed by atoms with Crippen LogP contribution in [0.25, 0.3) is 0 Å². The summed E-state index contributed by atoms with van der Waals surface area (Å²) in [5.74, 6) is 1.61. The summed E-state index contributed by atoms with van der Waals surface area (Å²) in [7, 11) is 0. The molecule has 0 amide bonds. The van der Waals surface area contributed by atoms with E-state index in [1.165, 1.54) is 19.3 Å². The Morgan fingerprint density at radius 2 is 2.06 bits per heavy atom. The molecule has 17 heavy (non-hydrogen) atoms. The van der Waals surface area contributed by atoms with Crippen molar-refractivity contribution < 1.29 is 4.74 Å². The van der Waals surface area contributed by atoms with E-state index in [9.17, 15) is 0 Å². The van der Waals surface area contributed by atoms with Crippen LogP contribution in [0.2, 0.25) is 0 Å². The Balaban J connectivity index is 2.57.